The summed E-state index contributed by atoms with van der Waals surface area (Å²) in [5.74, 6) is 0.711. The van der Waals surface area contributed by atoms with E-state index in [1.165, 1.54) is 6.42 Å². The van der Waals surface area contributed by atoms with Crippen molar-refractivity contribution < 1.29 is 0 Å². The van der Waals surface area contributed by atoms with Crippen LogP contribution in [0, 0.1) is 0 Å². The number of nitrogens with one attached hydrogen (secondary N) is 1. The molecule has 0 unspecified atom stereocenters. The van der Waals surface area contributed by atoms with E-state index in [2.05, 4.69) is 48.5 Å². The normalized spacial score (nSPS) is 16.8. The van der Waals surface area contributed by atoms with Crippen molar-refractivity contribution in [3.05, 3.63) is 61.4 Å². The molecule has 7 nitrogen and oxygen atoms in total. The first-order valence-corrected chi connectivity index (χ1v) is 9.93. The fourth-order valence-corrected chi connectivity index (χ4v) is 3.78. The lowest BCUT2D eigenvalue weighted by Gasteiger charge is -2.22. The van der Waals surface area contributed by atoms with Crippen molar-refractivity contribution >= 4 is 0 Å². The van der Waals surface area contributed by atoms with E-state index in [9.17, 15) is 0 Å². The van der Waals surface area contributed by atoms with Crippen molar-refractivity contribution in [3.63, 3.8) is 0 Å². The number of piperidine rings is 1. The van der Waals surface area contributed by atoms with Crippen molar-refractivity contribution in [3.8, 4) is 33.6 Å². The molecule has 0 amide bonds. The van der Waals surface area contributed by atoms with Gasteiger partial charge in [0.15, 0.2) is 5.82 Å². The molecule has 0 bridgehead atoms. The molecule has 1 aliphatic rings. The highest BCUT2D eigenvalue weighted by Gasteiger charge is 2.16. The average molecular weight is 385 g/mol. The zero-order chi connectivity index (χ0) is 19.6. The Balaban J connectivity index is 1.37. The van der Waals surface area contributed by atoms with Crippen LogP contribution in [0.3, 0.4) is 0 Å². The Kier molecular flexibility index (Phi) is 4.65. The highest BCUT2D eigenvalue weighted by atomic mass is 15.3. The van der Waals surface area contributed by atoms with E-state index in [1.54, 1.807) is 4.68 Å². The molecular formula is C22H23N7. The molecule has 29 heavy (non-hydrogen) atoms. The summed E-state index contributed by atoms with van der Waals surface area (Å²) in [4.78, 5) is 9.21. The van der Waals surface area contributed by atoms with E-state index in [0.29, 0.717) is 11.9 Å². The SMILES string of the molecule is Cn1cc(-c2cccc(-c3ncc(-c4cnn([C@@H]5CCCNC5)c4)cn3)c2)cn1. The molecule has 0 aliphatic carbocycles. The van der Waals surface area contributed by atoms with Gasteiger partial charge in [-0.3, -0.25) is 9.36 Å². The van der Waals surface area contributed by atoms with Gasteiger partial charge in [0.2, 0.25) is 0 Å². The molecular weight excluding hydrogens is 362 g/mol. The molecule has 5 rings (SSSR count). The minimum Gasteiger partial charge on any atom is -0.315 e. The summed E-state index contributed by atoms with van der Waals surface area (Å²) < 4.78 is 3.86. The van der Waals surface area contributed by atoms with Crippen LogP contribution in [0.2, 0.25) is 0 Å². The first-order chi connectivity index (χ1) is 14.3. The molecule has 1 fully saturated rings. The molecule has 1 aromatic carbocycles. The van der Waals surface area contributed by atoms with Gasteiger partial charge in [0.25, 0.3) is 0 Å². The fourth-order valence-electron chi connectivity index (χ4n) is 3.78. The molecule has 0 spiro atoms. The third-order valence-electron chi connectivity index (χ3n) is 5.39. The van der Waals surface area contributed by atoms with E-state index in [4.69, 9.17) is 0 Å². The molecule has 1 aliphatic heterocycles. The number of hydrogen-bond acceptors (Lipinski definition) is 5. The van der Waals surface area contributed by atoms with Crippen LogP contribution in [0.15, 0.2) is 61.4 Å². The Morgan fingerprint density at radius 1 is 0.897 bits per heavy atom. The second-order valence-electron chi connectivity index (χ2n) is 7.49. The van der Waals surface area contributed by atoms with Gasteiger partial charge < -0.3 is 5.32 Å². The largest absolute Gasteiger partial charge is 0.315 e. The van der Waals surface area contributed by atoms with Crippen molar-refractivity contribution in [2.24, 2.45) is 7.05 Å². The summed E-state index contributed by atoms with van der Waals surface area (Å²) >= 11 is 0. The maximum absolute atomic E-state index is 4.61. The maximum Gasteiger partial charge on any atom is 0.159 e. The quantitative estimate of drug-likeness (QED) is 0.583. The predicted octanol–water partition coefficient (Wildman–Crippen LogP) is 3.33. The molecule has 1 N–H and O–H groups in total. The van der Waals surface area contributed by atoms with E-state index >= 15 is 0 Å². The third kappa shape index (κ3) is 3.69. The van der Waals surface area contributed by atoms with Gasteiger partial charge >= 0.3 is 0 Å². The molecule has 146 valence electrons. The molecule has 0 radical (unpaired) electrons. The van der Waals surface area contributed by atoms with Crippen molar-refractivity contribution in [1.82, 2.24) is 34.8 Å². The van der Waals surface area contributed by atoms with Crippen LogP contribution in [0.1, 0.15) is 18.9 Å². The van der Waals surface area contributed by atoms with Gasteiger partial charge in [-0.2, -0.15) is 10.2 Å². The van der Waals surface area contributed by atoms with Gasteiger partial charge in [-0.25, -0.2) is 9.97 Å². The Bertz CT molecular complexity index is 1100. The van der Waals surface area contributed by atoms with Crippen LogP contribution in [-0.4, -0.2) is 42.6 Å². The Labute approximate surface area is 169 Å². The lowest BCUT2D eigenvalue weighted by Crippen LogP contribution is -2.31. The Hall–Kier alpha value is -3.32. The van der Waals surface area contributed by atoms with Gasteiger partial charge in [0.05, 0.1) is 18.4 Å². The van der Waals surface area contributed by atoms with Gasteiger partial charge in [-0.1, -0.05) is 18.2 Å². The van der Waals surface area contributed by atoms with Crippen LogP contribution < -0.4 is 5.32 Å². The maximum atomic E-state index is 4.61. The smallest absolute Gasteiger partial charge is 0.159 e. The monoisotopic (exact) mass is 385 g/mol. The highest BCUT2D eigenvalue weighted by Crippen LogP contribution is 2.26. The molecule has 7 heteroatoms. The Morgan fingerprint density at radius 3 is 2.45 bits per heavy atom. The van der Waals surface area contributed by atoms with Crippen LogP contribution >= 0.6 is 0 Å². The van der Waals surface area contributed by atoms with Gasteiger partial charge in [0.1, 0.15) is 0 Å². The lowest BCUT2D eigenvalue weighted by atomic mass is 10.1. The van der Waals surface area contributed by atoms with Gasteiger partial charge in [-0.05, 0) is 31.0 Å². The number of aromatic nitrogens is 6. The van der Waals surface area contributed by atoms with Crippen LogP contribution in [0.4, 0.5) is 0 Å². The summed E-state index contributed by atoms with van der Waals surface area (Å²) in [6.45, 7) is 2.08. The van der Waals surface area contributed by atoms with E-state index < -0.39 is 0 Å². The first kappa shape index (κ1) is 17.8. The van der Waals surface area contributed by atoms with E-state index in [1.807, 2.05) is 50.2 Å². The van der Waals surface area contributed by atoms with Gasteiger partial charge in [-0.15, -0.1) is 0 Å². The molecule has 1 atom stereocenters. The Morgan fingerprint density at radius 2 is 1.69 bits per heavy atom. The zero-order valence-electron chi connectivity index (χ0n) is 16.4. The fraction of sp³-hybridized carbons (Fsp3) is 0.273. The molecule has 4 aromatic rings. The predicted molar refractivity (Wildman–Crippen MR) is 112 cm³/mol. The van der Waals surface area contributed by atoms with Crippen molar-refractivity contribution in [2.75, 3.05) is 13.1 Å². The van der Waals surface area contributed by atoms with Crippen molar-refractivity contribution in [1.29, 1.82) is 0 Å². The minimum atomic E-state index is 0.424. The standard InChI is InChI=1S/C22H23N7/c1-28-14-19(11-26-28)16-4-2-5-17(8-16)22-24-9-18(10-25-22)20-12-27-29(15-20)21-6-3-7-23-13-21/h2,4-5,8-12,14-15,21,23H,3,6-7,13H2,1H3/t21-/m1/s1. The summed E-state index contributed by atoms with van der Waals surface area (Å²) in [6.07, 6.45) is 14.0. The lowest BCUT2D eigenvalue weighted by molar-refractivity contribution is 0.347. The number of aryl methyl sites for hydroxylation is 1. The molecule has 1 saturated heterocycles. The third-order valence-corrected chi connectivity index (χ3v) is 5.39. The minimum absolute atomic E-state index is 0.424. The number of rotatable bonds is 4. The second kappa shape index (κ2) is 7.60. The average Bonchev–Trinajstić information content (AvgIpc) is 3.44. The number of nitrogens with zero attached hydrogens (tertiary/aromatic N) is 6. The van der Waals surface area contributed by atoms with E-state index in [0.717, 1.165) is 47.3 Å². The summed E-state index contributed by atoms with van der Waals surface area (Å²) in [6, 6.07) is 8.65. The van der Waals surface area contributed by atoms with E-state index in [-0.39, 0.29) is 0 Å². The first-order valence-electron chi connectivity index (χ1n) is 9.93. The highest BCUT2D eigenvalue weighted by molar-refractivity contribution is 5.70. The second-order valence-corrected chi connectivity index (χ2v) is 7.49. The number of benzene rings is 1. The summed E-state index contributed by atoms with van der Waals surface area (Å²) in [7, 11) is 1.92. The zero-order valence-corrected chi connectivity index (χ0v) is 16.4. The van der Waals surface area contributed by atoms with Crippen molar-refractivity contribution in [2.45, 2.75) is 18.9 Å². The summed E-state index contributed by atoms with van der Waals surface area (Å²) in [5.41, 5.74) is 5.20. The molecule has 4 heterocycles. The topological polar surface area (TPSA) is 73.5 Å². The molecule has 0 saturated carbocycles. The van der Waals surface area contributed by atoms with Crippen LogP contribution in [0.25, 0.3) is 33.6 Å². The number of hydrogen-bond donors (Lipinski definition) is 1. The van der Waals surface area contributed by atoms with Crippen LogP contribution in [0.5, 0.6) is 0 Å². The summed E-state index contributed by atoms with van der Waals surface area (Å²) in [5, 5.41) is 12.2. The van der Waals surface area contributed by atoms with Crippen LogP contribution in [-0.2, 0) is 7.05 Å². The molecule has 3 aromatic heterocycles. The van der Waals surface area contributed by atoms with Gasteiger partial charge in [0, 0.05) is 60.6 Å².